The van der Waals surface area contributed by atoms with E-state index < -0.39 is 12.1 Å². The Morgan fingerprint density at radius 1 is 1.17 bits per heavy atom. The second-order valence-corrected chi connectivity index (χ2v) is 6.23. The number of anilines is 2. The minimum Gasteiger partial charge on any atom is -0.475 e. The SMILES string of the molecule is Cc1cccc(-c2cc3[nH]c(N)nc(N)c3c3ccnc23)c1.O=C(O)C(F)(F)F. The summed E-state index contributed by atoms with van der Waals surface area (Å²) in [5, 5.41) is 8.97. The summed E-state index contributed by atoms with van der Waals surface area (Å²) in [5.74, 6) is -2.04. The molecule has 2 aromatic carbocycles. The zero-order chi connectivity index (χ0) is 21.3. The number of aromatic nitrogens is 3. The zero-order valence-corrected chi connectivity index (χ0v) is 15.1. The van der Waals surface area contributed by atoms with Gasteiger partial charge in [-0.25, -0.2) is 4.79 Å². The fourth-order valence-corrected chi connectivity index (χ4v) is 2.94. The summed E-state index contributed by atoms with van der Waals surface area (Å²) in [6, 6.07) is 12.3. The molecule has 4 aromatic rings. The van der Waals surface area contributed by atoms with E-state index in [1.165, 1.54) is 5.56 Å². The lowest BCUT2D eigenvalue weighted by Gasteiger charge is -2.10. The Kier molecular flexibility index (Phi) is 5.02. The van der Waals surface area contributed by atoms with Crippen LogP contribution in [0.25, 0.3) is 32.9 Å². The van der Waals surface area contributed by atoms with Gasteiger partial charge in [-0.05, 0) is 24.6 Å². The molecule has 2 aromatic heterocycles. The van der Waals surface area contributed by atoms with Crippen molar-refractivity contribution in [2.75, 3.05) is 11.5 Å². The fraction of sp³-hybridized carbons (Fsp3) is 0.105. The van der Waals surface area contributed by atoms with Gasteiger partial charge in [-0.15, -0.1) is 0 Å². The van der Waals surface area contributed by atoms with E-state index in [-0.39, 0.29) is 0 Å². The molecule has 4 rings (SSSR count). The van der Waals surface area contributed by atoms with Crippen LogP contribution in [0.1, 0.15) is 5.56 Å². The quantitative estimate of drug-likeness (QED) is 0.381. The van der Waals surface area contributed by atoms with E-state index in [9.17, 15) is 13.2 Å². The Balaban J connectivity index is 0.000000298. The molecule has 0 spiro atoms. The van der Waals surface area contributed by atoms with Gasteiger partial charge >= 0.3 is 12.1 Å². The topological polar surface area (TPSA) is 131 Å². The Labute approximate surface area is 162 Å². The number of fused-ring (bicyclic) bond motifs is 3. The van der Waals surface area contributed by atoms with Crippen molar-refractivity contribution < 1.29 is 23.1 Å². The Hall–Kier alpha value is -3.82. The number of alkyl halides is 3. The molecule has 0 aliphatic heterocycles. The lowest BCUT2D eigenvalue weighted by molar-refractivity contribution is -0.192. The van der Waals surface area contributed by atoms with Gasteiger partial charge in [0.15, 0.2) is 5.95 Å². The van der Waals surface area contributed by atoms with Gasteiger partial charge < -0.3 is 21.6 Å². The van der Waals surface area contributed by atoms with E-state index in [1.54, 1.807) is 6.20 Å². The van der Waals surface area contributed by atoms with Gasteiger partial charge in [-0.3, -0.25) is 4.98 Å². The third-order valence-corrected chi connectivity index (χ3v) is 4.11. The number of nitrogen functional groups attached to an aromatic ring is 2. The van der Waals surface area contributed by atoms with Gasteiger partial charge in [0, 0.05) is 22.5 Å². The van der Waals surface area contributed by atoms with Crippen molar-refractivity contribution in [1.29, 1.82) is 0 Å². The number of hydrogen-bond acceptors (Lipinski definition) is 5. The van der Waals surface area contributed by atoms with Gasteiger partial charge in [0.1, 0.15) is 5.82 Å². The standard InChI is InChI=1S/C17H15N5.C2HF3O2/c1-9-3-2-4-10(7-9)12-8-13-14(11-5-6-20-15(11)12)16(18)22-17(19)21-13;3-2(4,5)1(6)7/h2-8H,18H2,1H3,(H3,19,21,22);(H,6,7). The summed E-state index contributed by atoms with van der Waals surface area (Å²) in [5.41, 5.74) is 17.0. The maximum absolute atomic E-state index is 10.6. The van der Waals surface area contributed by atoms with Crippen LogP contribution in [-0.4, -0.2) is 32.2 Å². The number of hydrogen-bond donors (Lipinski definition) is 4. The predicted molar refractivity (Wildman–Crippen MR) is 104 cm³/mol. The normalized spacial score (nSPS) is 11.3. The average molecular weight is 403 g/mol. The smallest absolute Gasteiger partial charge is 0.475 e. The van der Waals surface area contributed by atoms with Crippen molar-refractivity contribution in [1.82, 2.24) is 15.0 Å². The first-order chi connectivity index (χ1) is 13.6. The highest BCUT2D eigenvalue weighted by molar-refractivity contribution is 6.15. The lowest BCUT2D eigenvalue weighted by Crippen LogP contribution is -2.21. The molecule has 0 bridgehead atoms. The molecule has 7 nitrogen and oxygen atoms in total. The van der Waals surface area contributed by atoms with E-state index in [1.807, 2.05) is 18.2 Å². The second kappa shape index (κ2) is 7.30. The van der Waals surface area contributed by atoms with Gasteiger partial charge in [-0.2, -0.15) is 18.2 Å². The maximum atomic E-state index is 10.6. The number of benzene rings is 2. The van der Waals surface area contributed by atoms with E-state index in [0.717, 1.165) is 32.9 Å². The van der Waals surface area contributed by atoms with E-state index >= 15 is 0 Å². The van der Waals surface area contributed by atoms with Crippen LogP contribution < -0.4 is 11.5 Å². The molecule has 2 heterocycles. The van der Waals surface area contributed by atoms with Gasteiger partial charge in [0.25, 0.3) is 0 Å². The zero-order valence-electron chi connectivity index (χ0n) is 15.1. The number of aliphatic carboxylic acids is 1. The summed E-state index contributed by atoms with van der Waals surface area (Å²) in [4.78, 5) is 20.6. The number of carboxylic acid groups (broad SMARTS) is 1. The van der Waals surface area contributed by atoms with Gasteiger partial charge in [0.05, 0.1) is 11.0 Å². The van der Waals surface area contributed by atoms with Gasteiger partial charge in [-0.1, -0.05) is 29.8 Å². The number of nitrogens with one attached hydrogen (secondary N) is 1. The highest BCUT2D eigenvalue weighted by Crippen LogP contribution is 2.35. The molecular weight excluding hydrogens is 387 g/mol. The van der Waals surface area contributed by atoms with E-state index in [0.29, 0.717) is 11.8 Å². The average Bonchev–Trinajstić information content (AvgIpc) is 3.09. The molecule has 0 unspecified atom stereocenters. The largest absolute Gasteiger partial charge is 0.490 e. The number of H-pyrrole nitrogens is 1. The van der Waals surface area contributed by atoms with E-state index in [2.05, 4.69) is 40.1 Å². The molecule has 0 atom stereocenters. The first kappa shape index (κ1) is 19.9. The number of rotatable bonds is 1. The van der Waals surface area contributed by atoms with Crippen LogP contribution in [0.4, 0.5) is 24.9 Å². The number of carbonyl (C=O) groups is 1. The van der Waals surface area contributed by atoms with Crippen LogP contribution in [0, 0.1) is 6.92 Å². The van der Waals surface area contributed by atoms with Crippen LogP contribution in [0.5, 0.6) is 0 Å². The first-order valence-corrected chi connectivity index (χ1v) is 8.27. The number of aryl methyl sites for hydroxylation is 1. The number of nitrogens with zero attached hydrogens (tertiary/aromatic N) is 2. The van der Waals surface area contributed by atoms with Crippen LogP contribution in [-0.2, 0) is 4.79 Å². The molecule has 0 saturated heterocycles. The van der Waals surface area contributed by atoms with Crippen LogP contribution in [0.15, 0.2) is 42.6 Å². The molecule has 10 heteroatoms. The molecule has 150 valence electrons. The van der Waals surface area contributed by atoms with Crippen LogP contribution in [0.3, 0.4) is 0 Å². The Bertz CT molecular complexity index is 1220. The third kappa shape index (κ3) is 4.05. The lowest BCUT2D eigenvalue weighted by atomic mass is 9.99. The van der Waals surface area contributed by atoms with Crippen LogP contribution >= 0.6 is 0 Å². The monoisotopic (exact) mass is 403 g/mol. The Morgan fingerprint density at radius 3 is 2.48 bits per heavy atom. The second-order valence-electron chi connectivity index (χ2n) is 6.23. The van der Waals surface area contributed by atoms with Crippen molar-refractivity contribution in [2.45, 2.75) is 13.1 Å². The minimum absolute atomic E-state index is 0.305. The highest BCUT2D eigenvalue weighted by Gasteiger charge is 2.38. The Morgan fingerprint density at radius 2 is 1.86 bits per heavy atom. The predicted octanol–water partition coefficient (Wildman–Crippen LogP) is 3.88. The van der Waals surface area contributed by atoms with Crippen molar-refractivity contribution in [2.24, 2.45) is 0 Å². The molecule has 0 saturated carbocycles. The highest BCUT2D eigenvalue weighted by atomic mass is 19.4. The molecule has 0 radical (unpaired) electrons. The van der Waals surface area contributed by atoms with Crippen LogP contribution in [0.2, 0.25) is 0 Å². The summed E-state index contributed by atoms with van der Waals surface area (Å²) in [6.07, 6.45) is -3.29. The summed E-state index contributed by atoms with van der Waals surface area (Å²) < 4.78 is 31.7. The number of aromatic amines is 1. The van der Waals surface area contributed by atoms with Gasteiger partial charge in [0.2, 0.25) is 0 Å². The molecule has 29 heavy (non-hydrogen) atoms. The van der Waals surface area contributed by atoms with Crippen molar-refractivity contribution >= 4 is 39.5 Å². The summed E-state index contributed by atoms with van der Waals surface area (Å²) in [7, 11) is 0. The van der Waals surface area contributed by atoms with E-state index in [4.69, 9.17) is 21.4 Å². The van der Waals surface area contributed by atoms with Crippen molar-refractivity contribution in [3.05, 3.63) is 48.2 Å². The molecule has 0 aliphatic carbocycles. The minimum atomic E-state index is -5.08. The number of carboxylic acids is 1. The molecule has 6 N–H and O–H groups in total. The maximum Gasteiger partial charge on any atom is 0.490 e. The number of halogens is 3. The molecule has 0 aliphatic rings. The first-order valence-electron chi connectivity index (χ1n) is 8.27. The van der Waals surface area contributed by atoms with Crippen molar-refractivity contribution in [3.8, 4) is 11.1 Å². The fourth-order valence-electron chi connectivity index (χ4n) is 2.94. The molecule has 0 amide bonds. The van der Waals surface area contributed by atoms with Crippen molar-refractivity contribution in [3.63, 3.8) is 0 Å². The third-order valence-electron chi connectivity index (χ3n) is 4.11. The number of nitrogens with two attached hydrogens (primary N) is 2. The summed E-state index contributed by atoms with van der Waals surface area (Å²) >= 11 is 0. The summed E-state index contributed by atoms with van der Waals surface area (Å²) in [6.45, 7) is 2.08. The molecular formula is C19H16F3N5O2. The molecule has 0 fully saturated rings.